The van der Waals surface area contributed by atoms with E-state index in [1.54, 1.807) is 0 Å². The van der Waals surface area contributed by atoms with E-state index >= 15 is 0 Å². The van der Waals surface area contributed by atoms with Crippen molar-refractivity contribution in [2.75, 3.05) is 26.4 Å². The second kappa shape index (κ2) is 12.9. The van der Waals surface area contributed by atoms with Gasteiger partial charge in [0, 0.05) is 19.8 Å². The third kappa shape index (κ3) is 12.5. The fourth-order valence-electron chi connectivity index (χ4n) is 2.12. The Kier molecular flexibility index (Phi) is 11.2. The van der Waals surface area contributed by atoms with Gasteiger partial charge in [0.2, 0.25) is 0 Å². The zero-order valence-electron chi connectivity index (χ0n) is 16.9. The summed E-state index contributed by atoms with van der Waals surface area (Å²) in [5.41, 5.74) is 0.660. The number of hydrogen-bond acceptors (Lipinski definition) is 5. The topological polar surface area (TPSA) is 73.9 Å². The molecule has 7 heteroatoms. The number of benzene rings is 1. The molecule has 0 aliphatic carbocycles. The Morgan fingerprint density at radius 1 is 1.00 bits per heavy atom. The first-order valence-corrected chi connectivity index (χ1v) is 10.5. The number of alkyl carbamates (subject to hydrolysis) is 1. The van der Waals surface area contributed by atoms with Gasteiger partial charge >= 0.3 is 6.09 Å². The maximum Gasteiger partial charge on any atom is 0.407 e. The summed E-state index contributed by atoms with van der Waals surface area (Å²) in [6, 6.07) is 7.52. The minimum atomic E-state index is -1.39. The smallest absolute Gasteiger partial charge is 0.407 e. The van der Waals surface area contributed by atoms with Gasteiger partial charge in [-0.25, -0.2) is 9.00 Å². The van der Waals surface area contributed by atoms with E-state index in [9.17, 15) is 9.00 Å². The summed E-state index contributed by atoms with van der Waals surface area (Å²) < 4.78 is 28.0. The van der Waals surface area contributed by atoms with Crippen LogP contribution in [0.1, 0.15) is 52.0 Å². The quantitative estimate of drug-likeness (QED) is 0.535. The molecule has 0 saturated heterocycles. The van der Waals surface area contributed by atoms with E-state index in [1.165, 1.54) is 0 Å². The van der Waals surface area contributed by atoms with Crippen molar-refractivity contribution in [3.63, 3.8) is 0 Å². The Bertz CT molecular complexity index is 569. The van der Waals surface area contributed by atoms with Crippen LogP contribution in [0, 0.1) is 6.92 Å². The van der Waals surface area contributed by atoms with E-state index in [1.807, 2.05) is 52.0 Å². The molecule has 0 aromatic heterocycles. The van der Waals surface area contributed by atoms with Gasteiger partial charge in [-0.05, 0) is 65.5 Å². The SMILES string of the molecule is Cc1ccc(S(=O)OCCCCCOCCCNC(=O)OC(C)(C)C)cc1. The van der Waals surface area contributed by atoms with Gasteiger partial charge in [-0.3, -0.25) is 4.18 Å². The van der Waals surface area contributed by atoms with Crippen molar-refractivity contribution >= 4 is 17.2 Å². The number of carbonyl (C=O) groups is 1. The molecule has 0 fully saturated rings. The standard InChI is InChI=1S/C20H33NO5S/c1-17-9-11-18(12-10-17)27(23)25-16-7-5-6-14-24-15-8-13-21-19(22)26-20(2,3)4/h9-12H,5-8,13-16H2,1-4H3,(H,21,22). The molecular formula is C20H33NO5S. The predicted molar refractivity (Wildman–Crippen MR) is 107 cm³/mol. The summed E-state index contributed by atoms with van der Waals surface area (Å²) in [4.78, 5) is 12.1. The van der Waals surface area contributed by atoms with Crippen LogP contribution in [0.25, 0.3) is 0 Å². The van der Waals surface area contributed by atoms with Crippen molar-refractivity contribution in [1.82, 2.24) is 5.32 Å². The Morgan fingerprint density at radius 3 is 2.30 bits per heavy atom. The summed E-state index contributed by atoms with van der Waals surface area (Å²) in [6.45, 7) is 9.78. The van der Waals surface area contributed by atoms with Crippen LogP contribution in [0.3, 0.4) is 0 Å². The Balaban J connectivity index is 1.91. The molecule has 6 nitrogen and oxygen atoms in total. The molecule has 0 radical (unpaired) electrons. The normalized spacial score (nSPS) is 12.6. The van der Waals surface area contributed by atoms with E-state index < -0.39 is 22.8 Å². The molecule has 0 aliphatic heterocycles. The van der Waals surface area contributed by atoms with Crippen LogP contribution in [0.15, 0.2) is 29.2 Å². The minimum absolute atomic E-state index is 0.398. The van der Waals surface area contributed by atoms with E-state index in [4.69, 9.17) is 13.7 Å². The van der Waals surface area contributed by atoms with E-state index in [2.05, 4.69) is 5.32 Å². The van der Waals surface area contributed by atoms with Gasteiger partial charge in [-0.15, -0.1) is 0 Å². The summed E-state index contributed by atoms with van der Waals surface area (Å²) in [7, 11) is 0. The molecule has 27 heavy (non-hydrogen) atoms. The number of aryl methyl sites for hydroxylation is 1. The summed E-state index contributed by atoms with van der Waals surface area (Å²) in [5.74, 6) is 0. The van der Waals surface area contributed by atoms with Crippen LogP contribution in [-0.4, -0.2) is 42.3 Å². The molecule has 1 aromatic carbocycles. The average Bonchev–Trinajstić information content (AvgIpc) is 2.58. The van der Waals surface area contributed by atoms with Crippen LogP contribution in [0.2, 0.25) is 0 Å². The third-order valence-electron chi connectivity index (χ3n) is 3.47. The van der Waals surface area contributed by atoms with Gasteiger partial charge in [0.1, 0.15) is 5.60 Å². The first-order valence-electron chi connectivity index (χ1n) is 9.44. The molecule has 1 aromatic rings. The molecule has 0 bridgehead atoms. The van der Waals surface area contributed by atoms with Crippen molar-refractivity contribution in [3.8, 4) is 0 Å². The Labute approximate surface area is 165 Å². The predicted octanol–water partition coefficient (Wildman–Crippen LogP) is 4.14. The lowest BCUT2D eigenvalue weighted by molar-refractivity contribution is 0.0519. The van der Waals surface area contributed by atoms with E-state index in [0.717, 1.165) is 31.2 Å². The van der Waals surface area contributed by atoms with Crippen LogP contribution >= 0.6 is 0 Å². The lowest BCUT2D eigenvalue weighted by Gasteiger charge is -2.19. The highest BCUT2D eigenvalue weighted by molar-refractivity contribution is 7.80. The molecule has 1 N–H and O–H groups in total. The van der Waals surface area contributed by atoms with Gasteiger partial charge in [0.05, 0.1) is 11.5 Å². The number of amides is 1. The van der Waals surface area contributed by atoms with Crippen LogP contribution in [0.4, 0.5) is 4.79 Å². The van der Waals surface area contributed by atoms with Crippen LogP contribution in [0.5, 0.6) is 0 Å². The van der Waals surface area contributed by atoms with Crippen LogP contribution < -0.4 is 5.32 Å². The Hall–Kier alpha value is -1.44. The lowest BCUT2D eigenvalue weighted by atomic mass is 10.2. The average molecular weight is 400 g/mol. The van der Waals surface area contributed by atoms with Gasteiger partial charge in [0.15, 0.2) is 11.1 Å². The van der Waals surface area contributed by atoms with Crippen molar-refractivity contribution in [3.05, 3.63) is 29.8 Å². The first kappa shape index (κ1) is 23.6. The van der Waals surface area contributed by atoms with Crippen molar-refractivity contribution < 1.29 is 22.7 Å². The third-order valence-corrected chi connectivity index (χ3v) is 4.51. The van der Waals surface area contributed by atoms with Crippen molar-refractivity contribution in [1.29, 1.82) is 0 Å². The van der Waals surface area contributed by atoms with Gasteiger partial charge < -0.3 is 14.8 Å². The first-order chi connectivity index (χ1) is 12.8. The summed E-state index contributed by atoms with van der Waals surface area (Å²) in [5, 5.41) is 2.70. The maximum absolute atomic E-state index is 11.9. The maximum atomic E-state index is 11.9. The number of hydrogen-bond donors (Lipinski definition) is 1. The largest absolute Gasteiger partial charge is 0.444 e. The van der Waals surface area contributed by atoms with Crippen molar-refractivity contribution in [2.24, 2.45) is 0 Å². The minimum Gasteiger partial charge on any atom is -0.444 e. The number of unbranched alkanes of at least 4 members (excludes halogenated alkanes) is 2. The second-order valence-corrected chi connectivity index (χ2v) is 8.50. The van der Waals surface area contributed by atoms with Crippen LogP contribution in [-0.2, 0) is 24.7 Å². The zero-order valence-corrected chi connectivity index (χ0v) is 17.7. The zero-order chi connectivity index (χ0) is 20.1. The van der Waals surface area contributed by atoms with E-state index in [0.29, 0.717) is 31.3 Å². The number of nitrogens with one attached hydrogen (secondary N) is 1. The molecule has 154 valence electrons. The molecule has 0 heterocycles. The Morgan fingerprint density at radius 2 is 1.63 bits per heavy atom. The van der Waals surface area contributed by atoms with Gasteiger partial charge in [-0.1, -0.05) is 17.7 Å². The number of rotatable bonds is 12. The van der Waals surface area contributed by atoms with Gasteiger partial charge in [-0.2, -0.15) is 0 Å². The van der Waals surface area contributed by atoms with E-state index in [-0.39, 0.29) is 0 Å². The second-order valence-electron chi connectivity index (χ2n) is 7.32. The lowest BCUT2D eigenvalue weighted by Crippen LogP contribution is -2.33. The molecule has 1 amide bonds. The summed E-state index contributed by atoms with van der Waals surface area (Å²) in [6.07, 6.45) is 3.09. The summed E-state index contributed by atoms with van der Waals surface area (Å²) >= 11 is -1.39. The highest BCUT2D eigenvalue weighted by atomic mass is 32.2. The van der Waals surface area contributed by atoms with Crippen molar-refractivity contribution in [2.45, 2.75) is 63.9 Å². The molecule has 1 unspecified atom stereocenters. The molecule has 0 aliphatic rings. The molecule has 0 saturated carbocycles. The number of ether oxygens (including phenoxy) is 2. The monoisotopic (exact) mass is 399 g/mol. The van der Waals surface area contributed by atoms with Gasteiger partial charge in [0.25, 0.3) is 0 Å². The highest BCUT2D eigenvalue weighted by Crippen LogP contribution is 2.10. The molecular weight excluding hydrogens is 366 g/mol. The molecule has 1 rings (SSSR count). The highest BCUT2D eigenvalue weighted by Gasteiger charge is 2.15. The fourth-order valence-corrected chi connectivity index (χ4v) is 2.88. The number of carbonyl (C=O) groups excluding carboxylic acids is 1. The molecule has 0 spiro atoms. The fraction of sp³-hybridized carbons (Fsp3) is 0.650. The molecule has 1 atom stereocenters.